The highest BCUT2D eigenvalue weighted by Crippen LogP contribution is 2.22. The Kier molecular flexibility index (Phi) is 9.16. The molecule has 0 saturated carbocycles. The van der Waals surface area contributed by atoms with E-state index in [0.29, 0.717) is 12.8 Å². The van der Waals surface area contributed by atoms with Crippen LogP contribution in [-0.2, 0) is 6.42 Å². The summed E-state index contributed by atoms with van der Waals surface area (Å²) in [4.78, 5) is 4.54. The van der Waals surface area contributed by atoms with E-state index in [-0.39, 0.29) is 0 Å². The molecule has 0 fully saturated rings. The predicted molar refractivity (Wildman–Crippen MR) is 107 cm³/mol. The summed E-state index contributed by atoms with van der Waals surface area (Å²) >= 11 is 0. The van der Waals surface area contributed by atoms with Gasteiger partial charge in [0, 0.05) is 11.8 Å². The smallest absolute Gasteiger partial charge is 0.119 e. The van der Waals surface area contributed by atoms with Gasteiger partial charge in [-0.3, -0.25) is 4.98 Å². The highest BCUT2D eigenvalue weighted by atomic mass is 19.1. The Labute approximate surface area is 157 Å². The molecule has 0 aliphatic carbocycles. The summed E-state index contributed by atoms with van der Waals surface area (Å²) in [6.45, 7) is 5.01. The number of aryl methyl sites for hydroxylation is 1. The largest absolute Gasteiger partial charge is 0.494 e. The van der Waals surface area contributed by atoms with E-state index in [1.165, 1.54) is 19.3 Å². The van der Waals surface area contributed by atoms with Crippen molar-refractivity contribution in [2.75, 3.05) is 6.61 Å². The first-order chi connectivity index (χ1) is 12.7. The minimum absolute atomic E-state index is 0.582. The summed E-state index contributed by atoms with van der Waals surface area (Å²) in [7, 11) is 0. The Morgan fingerprint density at radius 1 is 0.923 bits per heavy atom. The lowest BCUT2D eigenvalue weighted by Gasteiger charge is -2.08. The third kappa shape index (κ3) is 7.15. The van der Waals surface area contributed by atoms with Crippen molar-refractivity contribution in [3.05, 3.63) is 48.2 Å². The molecular formula is C23H32FNO. The maximum Gasteiger partial charge on any atom is 0.119 e. The minimum atomic E-state index is -0.700. The number of pyridine rings is 1. The topological polar surface area (TPSA) is 22.1 Å². The number of hydrogen-bond donors (Lipinski definition) is 0. The number of halogens is 1. The van der Waals surface area contributed by atoms with Crippen LogP contribution in [0.1, 0.15) is 64.4 Å². The molecule has 3 heteroatoms. The van der Waals surface area contributed by atoms with Gasteiger partial charge >= 0.3 is 0 Å². The molecule has 0 amide bonds. The quantitative estimate of drug-likeness (QED) is 0.391. The molecule has 1 heterocycles. The van der Waals surface area contributed by atoms with Crippen molar-refractivity contribution in [1.82, 2.24) is 4.98 Å². The van der Waals surface area contributed by atoms with Crippen molar-refractivity contribution in [2.24, 2.45) is 0 Å². The summed E-state index contributed by atoms with van der Waals surface area (Å²) < 4.78 is 19.4. The van der Waals surface area contributed by atoms with Crippen LogP contribution in [0.15, 0.2) is 42.6 Å². The van der Waals surface area contributed by atoms with E-state index in [1.807, 2.05) is 43.5 Å². The zero-order chi connectivity index (χ0) is 18.6. The summed E-state index contributed by atoms with van der Waals surface area (Å²) in [5, 5.41) is 0. The Morgan fingerprint density at radius 2 is 1.73 bits per heavy atom. The van der Waals surface area contributed by atoms with Gasteiger partial charge in [0.2, 0.25) is 0 Å². The number of nitrogens with zero attached hydrogens (tertiary/aromatic N) is 1. The molecule has 1 aromatic carbocycles. The monoisotopic (exact) mass is 357 g/mol. The molecule has 1 unspecified atom stereocenters. The lowest BCUT2D eigenvalue weighted by molar-refractivity contribution is 0.294. The van der Waals surface area contributed by atoms with Crippen LogP contribution < -0.4 is 4.74 Å². The van der Waals surface area contributed by atoms with Crippen LogP contribution in [0, 0.1) is 0 Å². The highest BCUT2D eigenvalue weighted by Gasteiger charge is 2.06. The van der Waals surface area contributed by atoms with Crippen LogP contribution in [-0.4, -0.2) is 17.8 Å². The van der Waals surface area contributed by atoms with Crippen LogP contribution in [0.2, 0.25) is 0 Å². The molecule has 2 aromatic rings. The van der Waals surface area contributed by atoms with Gasteiger partial charge in [0.15, 0.2) is 0 Å². The second kappa shape index (κ2) is 11.7. The number of hydrogen-bond acceptors (Lipinski definition) is 2. The fourth-order valence-electron chi connectivity index (χ4n) is 2.96. The van der Waals surface area contributed by atoms with Crippen molar-refractivity contribution in [3.8, 4) is 17.0 Å². The van der Waals surface area contributed by atoms with Gasteiger partial charge in [-0.25, -0.2) is 4.39 Å². The van der Waals surface area contributed by atoms with Gasteiger partial charge in [-0.2, -0.15) is 0 Å². The zero-order valence-electron chi connectivity index (χ0n) is 16.2. The second-order valence-electron chi connectivity index (χ2n) is 6.91. The van der Waals surface area contributed by atoms with Gasteiger partial charge in [0.1, 0.15) is 11.9 Å². The molecule has 2 rings (SSSR count). The summed E-state index contributed by atoms with van der Waals surface area (Å²) in [6, 6.07) is 12.2. The molecule has 0 radical (unpaired) electrons. The van der Waals surface area contributed by atoms with Crippen LogP contribution in [0.5, 0.6) is 5.75 Å². The van der Waals surface area contributed by atoms with Crippen LogP contribution in [0.25, 0.3) is 11.3 Å². The van der Waals surface area contributed by atoms with Crippen LogP contribution in [0.3, 0.4) is 0 Å². The van der Waals surface area contributed by atoms with Crippen LogP contribution >= 0.6 is 0 Å². The number of benzene rings is 1. The van der Waals surface area contributed by atoms with Crippen molar-refractivity contribution in [1.29, 1.82) is 0 Å². The Balaban J connectivity index is 1.82. The maximum atomic E-state index is 13.6. The lowest BCUT2D eigenvalue weighted by atomic mass is 10.1. The van der Waals surface area contributed by atoms with Crippen molar-refractivity contribution >= 4 is 0 Å². The molecule has 0 aliphatic heterocycles. The molecule has 26 heavy (non-hydrogen) atoms. The predicted octanol–water partition coefficient (Wildman–Crippen LogP) is 6.78. The Hall–Kier alpha value is -1.90. The van der Waals surface area contributed by atoms with Gasteiger partial charge in [0.25, 0.3) is 0 Å². The van der Waals surface area contributed by atoms with E-state index in [2.05, 4.69) is 18.0 Å². The van der Waals surface area contributed by atoms with Crippen LogP contribution in [0.4, 0.5) is 4.39 Å². The Morgan fingerprint density at radius 3 is 2.38 bits per heavy atom. The molecule has 1 aromatic heterocycles. The number of alkyl halides is 1. The first-order valence-corrected chi connectivity index (χ1v) is 10.0. The molecule has 142 valence electrons. The molecule has 2 nitrogen and oxygen atoms in total. The standard InChI is InChI=1S/C23H32FNO/c1-3-5-6-7-17-26-22-14-11-20(12-15-22)23-16-10-19(18-25-23)9-13-21(24)8-4-2/h10-12,14-16,18,21H,3-9,13,17H2,1-2H3. The number of ether oxygens (including phenoxy) is 1. The van der Waals surface area contributed by atoms with Gasteiger partial charge in [-0.1, -0.05) is 45.6 Å². The van der Waals surface area contributed by atoms with E-state index in [9.17, 15) is 4.39 Å². The zero-order valence-corrected chi connectivity index (χ0v) is 16.2. The van der Waals surface area contributed by atoms with E-state index in [4.69, 9.17) is 4.74 Å². The molecule has 0 N–H and O–H groups in total. The van der Waals surface area contributed by atoms with Crippen molar-refractivity contribution < 1.29 is 9.13 Å². The third-order valence-corrected chi connectivity index (χ3v) is 4.59. The Bertz CT molecular complexity index is 609. The van der Waals surface area contributed by atoms with E-state index in [0.717, 1.165) is 48.4 Å². The second-order valence-corrected chi connectivity index (χ2v) is 6.91. The van der Waals surface area contributed by atoms with E-state index >= 15 is 0 Å². The average Bonchev–Trinajstić information content (AvgIpc) is 2.67. The molecule has 0 bridgehead atoms. The highest BCUT2D eigenvalue weighted by molar-refractivity contribution is 5.60. The fourth-order valence-corrected chi connectivity index (χ4v) is 2.96. The number of unbranched alkanes of at least 4 members (excludes halogenated alkanes) is 3. The molecule has 0 aliphatic rings. The summed E-state index contributed by atoms with van der Waals surface area (Å²) in [5.74, 6) is 0.909. The summed E-state index contributed by atoms with van der Waals surface area (Å²) in [6.07, 6.45) is 8.90. The van der Waals surface area contributed by atoms with E-state index in [1.54, 1.807) is 0 Å². The van der Waals surface area contributed by atoms with Gasteiger partial charge < -0.3 is 4.74 Å². The lowest BCUT2D eigenvalue weighted by Crippen LogP contribution is -2.01. The molecular weight excluding hydrogens is 325 g/mol. The van der Waals surface area contributed by atoms with Crippen molar-refractivity contribution in [3.63, 3.8) is 0 Å². The van der Waals surface area contributed by atoms with Gasteiger partial charge in [0.05, 0.1) is 12.3 Å². The number of rotatable bonds is 12. The number of aromatic nitrogens is 1. The van der Waals surface area contributed by atoms with E-state index < -0.39 is 6.17 Å². The SMILES string of the molecule is CCCCCCOc1ccc(-c2ccc(CCC(F)CCC)cn2)cc1. The fraction of sp³-hybridized carbons (Fsp3) is 0.522. The normalized spacial score (nSPS) is 12.1. The molecule has 0 spiro atoms. The first kappa shape index (κ1) is 20.4. The van der Waals surface area contributed by atoms with Gasteiger partial charge in [-0.05, 0) is 61.6 Å². The molecule has 0 saturated heterocycles. The first-order valence-electron chi connectivity index (χ1n) is 10.0. The summed E-state index contributed by atoms with van der Waals surface area (Å²) in [5.41, 5.74) is 3.11. The third-order valence-electron chi connectivity index (χ3n) is 4.59. The van der Waals surface area contributed by atoms with Crippen molar-refractivity contribution in [2.45, 2.75) is 71.4 Å². The minimum Gasteiger partial charge on any atom is -0.494 e. The van der Waals surface area contributed by atoms with Gasteiger partial charge in [-0.15, -0.1) is 0 Å². The average molecular weight is 358 g/mol. The maximum absolute atomic E-state index is 13.6. The molecule has 1 atom stereocenters.